The van der Waals surface area contributed by atoms with Crippen molar-refractivity contribution in [3.63, 3.8) is 0 Å². The molecule has 240 valence electrons. The van der Waals surface area contributed by atoms with Gasteiger partial charge in [0, 0.05) is 16.7 Å². The summed E-state index contributed by atoms with van der Waals surface area (Å²) in [4.78, 5) is 48.1. The van der Waals surface area contributed by atoms with E-state index < -0.39 is 17.9 Å². The van der Waals surface area contributed by atoms with Gasteiger partial charge < -0.3 is 23.7 Å². The Morgan fingerprint density at radius 3 is 2.02 bits per heavy atom. The van der Waals surface area contributed by atoms with Gasteiger partial charge in [-0.1, -0.05) is 37.8 Å². The third-order valence-corrected chi connectivity index (χ3v) is 6.92. The maximum Gasteiger partial charge on any atom is 0.333 e. The number of hydrogen-bond donors (Lipinski definition) is 0. The molecule has 1 aliphatic carbocycles. The molecule has 9 heteroatoms. The summed E-state index contributed by atoms with van der Waals surface area (Å²) >= 11 is 0. The lowest BCUT2D eigenvalue weighted by Crippen LogP contribution is -2.22. The van der Waals surface area contributed by atoms with Crippen LogP contribution in [0.1, 0.15) is 74.2 Å². The van der Waals surface area contributed by atoms with Crippen LogP contribution in [0.3, 0.4) is 0 Å². The van der Waals surface area contributed by atoms with Crippen molar-refractivity contribution < 1.29 is 42.9 Å². The second kappa shape index (κ2) is 18.9. The number of esters is 3. The van der Waals surface area contributed by atoms with E-state index in [9.17, 15) is 19.2 Å². The molecule has 9 nitrogen and oxygen atoms in total. The topological polar surface area (TPSA) is 114 Å². The Hall–Kier alpha value is -4.66. The van der Waals surface area contributed by atoms with Crippen LogP contribution in [-0.4, -0.2) is 56.2 Å². The van der Waals surface area contributed by atoms with Crippen LogP contribution in [0.4, 0.5) is 0 Å². The molecule has 0 aliphatic heterocycles. The molecule has 0 amide bonds. The molecule has 1 saturated carbocycles. The van der Waals surface area contributed by atoms with Crippen molar-refractivity contribution in [2.45, 2.75) is 64.4 Å². The van der Waals surface area contributed by atoms with Crippen LogP contribution in [-0.2, 0) is 28.6 Å². The van der Waals surface area contributed by atoms with Gasteiger partial charge in [0.1, 0.15) is 30.8 Å². The fraction of sp³-hybridized carbons (Fsp3) is 0.389. The second-order valence-corrected chi connectivity index (χ2v) is 10.8. The molecule has 0 unspecified atom stereocenters. The van der Waals surface area contributed by atoms with E-state index >= 15 is 0 Å². The number of carbonyl (C=O) groups excluding carboxylic acids is 4. The highest BCUT2D eigenvalue weighted by Crippen LogP contribution is 2.21. The van der Waals surface area contributed by atoms with Crippen LogP contribution >= 0.6 is 0 Å². The molecule has 0 saturated heterocycles. The highest BCUT2D eigenvalue weighted by atomic mass is 16.6. The second-order valence-electron chi connectivity index (χ2n) is 10.8. The Bertz CT molecular complexity index is 1330. The summed E-state index contributed by atoms with van der Waals surface area (Å²) < 4.78 is 26.9. The van der Waals surface area contributed by atoms with E-state index in [1.807, 2.05) is 12.1 Å². The van der Waals surface area contributed by atoms with Gasteiger partial charge in [-0.3, -0.25) is 9.59 Å². The van der Waals surface area contributed by atoms with Crippen molar-refractivity contribution in [2.75, 3.05) is 26.4 Å². The highest BCUT2D eigenvalue weighted by Gasteiger charge is 2.20. The summed E-state index contributed by atoms with van der Waals surface area (Å²) in [5.74, 6) is -0.373. The fourth-order valence-corrected chi connectivity index (χ4v) is 4.39. The molecule has 0 aromatic heterocycles. The van der Waals surface area contributed by atoms with Crippen molar-refractivity contribution in [1.82, 2.24) is 0 Å². The van der Waals surface area contributed by atoms with Crippen LogP contribution in [0.5, 0.6) is 11.5 Å². The SMILES string of the molecule is C=C(C)C(=O)OCCOc1ccc(/C=C/C(=O)c2ccc(OCCCCOC(=O)C(=C)CC(=O)OC3CCCCC3)cc2)cc1. The quantitative estimate of drug-likeness (QED) is 0.0599. The maximum absolute atomic E-state index is 12.6. The van der Waals surface area contributed by atoms with Crippen LogP contribution in [0.15, 0.2) is 78.9 Å². The van der Waals surface area contributed by atoms with E-state index in [0.717, 1.165) is 31.2 Å². The van der Waals surface area contributed by atoms with Crippen LogP contribution < -0.4 is 9.47 Å². The lowest BCUT2D eigenvalue weighted by molar-refractivity contribution is -0.151. The number of ether oxygens (including phenoxy) is 5. The minimum absolute atomic E-state index is 0.0554. The van der Waals surface area contributed by atoms with Gasteiger partial charge >= 0.3 is 17.9 Å². The summed E-state index contributed by atoms with van der Waals surface area (Å²) in [7, 11) is 0. The fourth-order valence-electron chi connectivity index (χ4n) is 4.39. The van der Waals surface area contributed by atoms with Crippen LogP contribution in [0.2, 0.25) is 0 Å². The maximum atomic E-state index is 12.6. The standard InChI is InChI=1S/C36H42O9/c1-26(2)35(39)44-24-23-42-30-16-11-28(12-17-30)13-20-33(37)29-14-18-31(19-15-29)41-21-7-8-22-43-36(40)27(3)25-34(38)45-32-9-5-4-6-10-32/h11-20,32H,1,3-10,21-25H2,2H3/b20-13+. The third-order valence-electron chi connectivity index (χ3n) is 6.92. The molecule has 3 rings (SSSR count). The van der Waals surface area contributed by atoms with Crippen molar-refractivity contribution in [1.29, 1.82) is 0 Å². The molecule has 2 aromatic rings. The molecule has 0 spiro atoms. The van der Waals surface area contributed by atoms with Gasteiger partial charge in [0.05, 0.1) is 19.6 Å². The Labute approximate surface area is 264 Å². The van der Waals surface area contributed by atoms with Gasteiger partial charge in [0.2, 0.25) is 0 Å². The van der Waals surface area contributed by atoms with E-state index in [1.54, 1.807) is 49.4 Å². The Morgan fingerprint density at radius 2 is 1.36 bits per heavy atom. The largest absolute Gasteiger partial charge is 0.494 e. The molecule has 0 heterocycles. The lowest BCUT2D eigenvalue weighted by Gasteiger charge is -2.21. The summed E-state index contributed by atoms with van der Waals surface area (Å²) in [5, 5.41) is 0. The average Bonchev–Trinajstić information content (AvgIpc) is 3.04. The van der Waals surface area contributed by atoms with Gasteiger partial charge in [0.25, 0.3) is 0 Å². The van der Waals surface area contributed by atoms with E-state index in [-0.39, 0.29) is 43.7 Å². The molecule has 1 fully saturated rings. The first-order valence-electron chi connectivity index (χ1n) is 15.3. The first kappa shape index (κ1) is 34.8. The number of unbranched alkanes of at least 4 members (excludes halogenated alkanes) is 1. The average molecular weight is 619 g/mol. The van der Waals surface area contributed by atoms with Gasteiger partial charge in [-0.15, -0.1) is 0 Å². The Morgan fingerprint density at radius 1 is 0.756 bits per heavy atom. The monoisotopic (exact) mass is 618 g/mol. The number of allylic oxidation sites excluding steroid dienone is 1. The number of carbonyl (C=O) groups is 4. The van der Waals surface area contributed by atoms with Crippen molar-refractivity contribution in [3.05, 3.63) is 90.0 Å². The van der Waals surface area contributed by atoms with Crippen molar-refractivity contribution in [2.24, 2.45) is 0 Å². The first-order valence-corrected chi connectivity index (χ1v) is 15.3. The number of benzene rings is 2. The molecular weight excluding hydrogens is 576 g/mol. The minimum atomic E-state index is -0.590. The smallest absolute Gasteiger partial charge is 0.333 e. The molecular formula is C36H42O9. The first-order chi connectivity index (χ1) is 21.7. The molecule has 0 atom stereocenters. The van der Waals surface area contributed by atoms with Gasteiger partial charge in [-0.2, -0.15) is 0 Å². The number of rotatable bonds is 18. The molecule has 0 N–H and O–H groups in total. The summed E-state index contributed by atoms with van der Waals surface area (Å²) in [6, 6.07) is 14.1. The van der Waals surface area contributed by atoms with Crippen LogP contribution in [0, 0.1) is 0 Å². The molecule has 2 aromatic carbocycles. The number of hydrogen-bond acceptors (Lipinski definition) is 9. The molecule has 45 heavy (non-hydrogen) atoms. The van der Waals surface area contributed by atoms with Gasteiger partial charge in [-0.05, 0) is 93.5 Å². The van der Waals surface area contributed by atoms with E-state index in [2.05, 4.69) is 13.2 Å². The Balaban J connectivity index is 1.28. The Kier molecular flexibility index (Phi) is 14.6. The van der Waals surface area contributed by atoms with Gasteiger partial charge in [0.15, 0.2) is 5.78 Å². The molecule has 0 radical (unpaired) electrons. The zero-order chi connectivity index (χ0) is 32.4. The summed E-state index contributed by atoms with van der Waals surface area (Å²) in [6.07, 6.45) is 9.28. The summed E-state index contributed by atoms with van der Waals surface area (Å²) in [5.41, 5.74) is 1.79. The zero-order valence-electron chi connectivity index (χ0n) is 25.9. The number of ketones is 1. The van der Waals surface area contributed by atoms with E-state index in [4.69, 9.17) is 23.7 Å². The summed E-state index contributed by atoms with van der Waals surface area (Å²) in [6.45, 7) is 9.73. The van der Waals surface area contributed by atoms with Gasteiger partial charge in [-0.25, -0.2) is 9.59 Å². The predicted octanol–water partition coefficient (Wildman–Crippen LogP) is 6.61. The van der Waals surface area contributed by atoms with E-state index in [1.165, 1.54) is 12.5 Å². The lowest BCUT2D eigenvalue weighted by atomic mass is 9.98. The highest BCUT2D eigenvalue weighted by molar-refractivity contribution is 6.06. The van der Waals surface area contributed by atoms with E-state index in [0.29, 0.717) is 42.1 Å². The molecule has 1 aliphatic rings. The van der Waals surface area contributed by atoms with Crippen molar-refractivity contribution in [3.8, 4) is 11.5 Å². The zero-order valence-corrected chi connectivity index (χ0v) is 25.9. The molecule has 0 bridgehead atoms. The normalized spacial score (nSPS) is 13.1. The van der Waals surface area contributed by atoms with Crippen molar-refractivity contribution >= 4 is 29.8 Å². The van der Waals surface area contributed by atoms with Crippen LogP contribution in [0.25, 0.3) is 6.08 Å². The minimum Gasteiger partial charge on any atom is -0.494 e. The third kappa shape index (κ3) is 13.3. The predicted molar refractivity (Wildman–Crippen MR) is 170 cm³/mol.